The second kappa shape index (κ2) is 5.14. The summed E-state index contributed by atoms with van der Waals surface area (Å²) < 4.78 is 2.50. The van der Waals surface area contributed by atoms with Crippen LogP contribution in [0.2, 0.25) is 0 Å². The molecular formula is C12H9BrN2O3. The number of benzene rings is 1. The maximum atomic E-state index is 11.0. The number of nitro benzene ring substituents is 1. The summed E-state index contributed by atoms with van der Waals surface area (Å²) in [7, 11) is 0. The van der Waals surface area contributed by atoms with E-state index in [0.29, 0.717) is 11.0 Å². The van der Waals surface area contributed by atoms with E-state index in [2.05, 4.69) is 15.9 Å². The highest BCUT2D eigenvalue weighted by Gasteiger charge is 2.08. The van der Waals surface area contributed by atoms with Crippen LogP contribution in [0.5, 0.6) is 0 Å². The van der Waals surface area contributed by atoms with Crippen LogP contribution < -0.4 is 5.43 Å². The van der Waals surface area contributed by atoms with Crippen molar-refractivity contribution >= 4 is 21.6 Å². The number of hydrogen-bond acceptors (Lipinski definition) is 3. The van der Waals surface area contributed by atoms with Crippen LogP contribution in [0.4, 0.5) is 5.69 Å². The van der Waals surface area contributed by atoms with Crippen molar-refractivity contribution in [1.29, 1.82) is 0 Å². The van der Waals surface area contributed by atoms with Crippen LogP contribution in [0.1, 0.15) is 5.56 Å². The molecule has 92 valence electrons. The molecule has 0 N–H and O–H groups in total. The van der Waals surface area contributed by atoms with Crippen molar-refractivity contribution in [3.8, 4) is 0 Å². The molecule has 6 heteroatoms. The molecule has 0 fully saturated rings. The number of aromatic nitrogens is 1. The number of halogens is 1. The molecule has 2 rings (SSSR count). The number of rotatable bonds is 3. The molecule has 18 heavy (non-hydrogen) atoms. The largest absolute Gasteiger partial charge is 0.350 e. The lowest BCUT2D eigenvalue weighted by atomic mass is 10.2. The number of nitro groups is 1. The summed E-state index contributed by atoms with van der Waals surface area (Å²) in [4.78, 5) is 21.1. The van der Waals surface area contributed by atoms with Gasteiger partial charge in [-0.05, 0) is 11.6 Å². The van der Waals surface area contributed by atoms with E-state index in [1.54, 1.807) is 18.5 Å². The van der Waals surface area contributed by atoms with Gasteiger partial charge in [-0.3, -0.25) is 14.9 Å². The molecule has 0 aliphatic carbocycles. The van der Waals surface area contributed by atoms with Crippen LogP contribution in [0, 0.1) is 10.1 Å². The van der Waals surface area contributed by atoms with Gasteiger partial charge >= 0.3 is 0 Å². The molecule has 5 nitrogen and oxygen atoms in total. The quantitative estimate of drug-likeness (QED) is 0.646. The molecule has 0 aliphatic rings. The van der Waals surface area contributed by atoms with E-state index < -0.39 is 4.92 Å². The van der Waals surface area contributed by atoms with Crippen molar-refractivity contribution in [1.82, 2.24) is 4.57 Å². The number of nitrogens with zero attached hydrogens (tertiary/aromatic N) is 2. The number of hydrogen-bond donors (Lipinski definition) is 0. The first-order valence-corrected chi connectivity index (χ1v) is 5.94. The fourth-order valence-corrected chi connectivity index (χ4v) is 2.02. The molecule has 0 spiro atoms. The fraction of sp³-hybridized carbons (Fsp3) is 0.0833. The van der Waals surface area contributed by atoms with Crippen LogP contribution in [0.25, 0.3) is 0 Å². The highest BCUT2D eigenvalue weighted by atomic mass is 79.9. The lowest BCUT2D eigenvalue weighted by Gasteiger charge is -2.07. The summed E-state index contributed by atoms with van der Waals surface area (Å²) in [5.74, 6) is 0. The molecule has 1 heterocycles. The van der Waals surface area contributed by atoms with E-state index in [9.17, 15) is 14.9 Å². The maximum Gasteiger partial charge on any atom is 0.270 e. The minimum Gasteiger partial charge on any atom is -0.350 e. The lowest BCUT2D eigenvalue weighted by molar-refractivity contribution is -0.384. The molecule has 1 aromatic carbocycles. The van der Waals surface area contributed by atoms with Crippen molar-refractivity contribution in [2.75, 3.05) is 0 Å². The Morgan fingerprint density at radius 1 is 1.22 bits per heavy atom. The smallest absolute Gasteiger partial charge is 0.270 e. The van der Waals surface area contributed by atoms with Gasteiger partial charge in [0.15, 0.2) is 5.43 Å². The van der Waals surface area contributed by atoms with Gasteiger partial charge in [0.25, 0.3) is 5.69 Å². The Hall–Kier alpha value is -1.95. The third-order valence-electron chi connectivity index (χ3n) is 2.46. The molecule has 0 bridgehead atoms. The summed E-state index contributed by atoms with van der Waals surface area (Å²) in [6.07, 6.45) is 3.35. The molecule has 0 amide bonds. The second-order valence-electron chi connectivity index (χ2n) is 3.74. The first-order chi connectivity index (χ1) is 8.56. The van der Waals surface area contributed by atoms with Crippen molar-refractivity contribution in [2.45, 2.75) is 6.54 Å². The van der Waals surface area contributed by atoms with Crippen molar-refractivity contribution in [3.63, 3.8) is 0 Å². The van der Waals surface area contributed by atoms with Gasteiger partial charge in [0.05, 0.1) is 4.92 Å². The molecule has 0 radical (unpaired) electrons. The minimum absolute atomic E-state index is 0.0468. The summed E-state index contributed by atoms with van der Waals surface area (Å²) in [6, 6.07) is 7.57. The minimum atomic E-state index is -0.437. The Morgan fingerprint density at radius 2 is 1.89 bits per heavy atom. The average molecular weight is 309 g/mol. The molecule has 1 aromatic heterocycles. The molecular weight excluding hydrogens is 300 g/mol. The number of non-ortho nitro benzene ring substituents is 1. The van der Waals surface area contributed by atoms with E-state index in [1.807, 2.05) is 4.57 Å². The SMILES string of the molecule is O=c1ccn(Cc2ccc([N+](=O)[O-])cc2Br)cc1. The van der Waals surface area contributed by atoms with Gasteiger partial charge in [0.2, 0.25) is 0 Å². The van der Waals surface area contributed by atoms with Crippen LogP contribution >= 0.6 is 15.9 Å². The van der Waals surface area contributed by atoms with Gasteiger partial charge < -0.3 is 4.57 Å². The van der Waals surface area contributed by atoms with E-state index in [4.69, 9.17) is 0 Å². The van der Waals surface area contributed by atoms with E-state index in [0.717, 1.165) is 5.56 Å². The summed E-state index contributed by atoms with van der Waals surface area (Å²) in [5.41, 5.74) is 0.906. The maximum absolute atomic E-state index is 11.0. The molecule has 2 aromatic rings. The van der Waals surface area contributed by atoms with Crippen LogP contribution in [-0.2, 0) is 6.54 Å². The Labute approximate surface area is 111 Å². The third-order valence-corrected chi connectivity index (χ3v) is 3.20. The first-order valence-electron chi connectivity index (χ1n) is 5.15. The average Bonchev–Trinajstić information content (AvgIpc) is 2.34. The topological polar surface area (TPSA) is 65.1 Å². The molecule has 0 unspecified atom stereocenters. The van der Waals surface area contributed by atoms with Gasteiger partial charge in [0.1, 0.15) is 0 Å². The van der Waals surface area contributed by atoms with Crippen LogP contribution in [0.3, 0.4) is 0 Å². The zero-order valence-corrected chi connectivity index (χ0v) is 10.8. The van der Waals surface area contributed by atoms with Crippen molar-refractivity contribution in [3.05, 3.63) is 73.1 Å². The van der Waals surface area contributed by atoms with Crippen LogP contribution in [-0.4, -0.2) is 9.49 Å². The Morgan fingerprint density at radius 3 is 2.44 bits per heavy atom. The molecule has 0 atom stereocenters. The first kappa shape index (κ1) is 12.5. The van der Waals surface area contributed by atoms with Gasteiger partial charge in [-0.15, -0.1) is 0 Å². The van der Waals surface area contributed by atoms with Gasteiger partial charge in [-0.25, -0.2) is 0 Å². The zero-order chi connectivity index (χ0) is 13.1. The molecule has 0 aliphatic heterocycles. The van der Waals surface area contributed by atoms with Crippen molar-refractivity contribution in [2.24, 2.45) is 0 Å². The van der Waals surface area contributed by atoms with Crippen LogP contribution in [0.15, 0.2) is 52.0 Å². The molecule has 0 saturated carbocycles. The predicted molar refractivity (Wildman–Crippen MR) is 70.6 cm³/mol. The lowest BCUT2D eigenvalue weighted by Crippen LogP contribution is -2.05. The monoisotopic (exact) mass is 308 g/mol. The van der Waals surface area contributed by atoms with Gasteiger partial charge in [-0.2, -0.15) is 0 Å². The summed E-state index contributed by atoms with van der Waals surface area (Å²) in [5, 5.41) is 10.6. The number of pyridine rings is 1. The highest BCUT2D eigenvalue weighted by molar-refractivity contribution is 9.10. The highest BCUT2D eigenvalue weighted by Crippen LogP contribution is 2.23. The van der Waals surface area contributed by atoms with Crippen molar-refractivity contribution < 1.29 is 4.92 Å². The van der Waals surface area contributed by atoms with Gasteiger partial charge in [-0.1, -0.05) is 15.9 Å². The predicted octanol–water partition coefficient (Wildman–Crippen LogP) is 2.57. The summed E-state index contributed by atoms with van der Waals surface area (Å²) >= 11 is 3.31. The molecule has 0 saturated heterocycles. The Kier molecular flexibility index (Phi) is 3.57. The van der Waals surface area contributed by atoms with E-state index in [1.165, 1.54) is 24.3 Å². The third kappa shape index (κ3) is 2.84. The Bertz CT molecular complexity index is 632. The fourth-order valence-electron chi connectivity index (χ4n) is 1.52. The van der Waals surface area contributed by atoms with E-state index in [-0.39, 0.29) is 11.1 Å². The zero-order valence-electron chi connectivity index (χ0n) is 9.25. The van der Waals surface area contributed by atoms with Gasteiger partial charge in [0, 0.05) is 47.7 Å². The van der Waals surface area contributed by atoms with E-state index >= 15 is 0 Å². The normalized spacial score (nSPS) is 10.3. The standard InChI is InChI=1S/C12H9BrN2O3/c13-12-7-10(15(17)18)2-1-9(12)8-14-5-3-11(16)4-6-14/h1-7H,8H2. The Balaban J connectivity index is 2.27. The second-order valence-corrected chi connectivity index (χ2v) is 4.59. The summed E-state index contributed by atoms with van der Waals surface area (Å²) in [6.45, 7) is 0.541.